The van der Waals surface area contributed by atoms with Gasteiger partial charge in [-0.15, -0.1) is 0 Å². The molecule has 0 atom stereocenters. The van der Waals surface area contributed by atoms with Crippen LogP contribution in [0.1, 0.15) is 23.1 Å². The molecular formula is C27H27N5O3. The summed E-state index contributed by atoms with van der Waals surface area (Å²) >= 11 is 0. The Morgan fingerprint density at radius 2 is 1.37 bits per heavy atom. The normalized spacial score (nSPS) is 11.0. The molecule has 8 nitrogen and oxygen atoms in total. The Morgan fingerprint density at radius 1 is 0.886 bits per heavy atom. The Labute approximate surface area is 203 Å². The number of amides is 2. The SMILES string of the molecule is Cn1ncc(NC(=O)CCOC(N)=O)c1NC(c1ccccc1)(c1ccccc1)c1ccccc1. The summed E-state index contributed by atoms with van der Waals surface area (Å²) < 4.78 is 6.36. The highest BCUT2D eigenvalue weighted by Crippen LogP contribution is 2.41. The lowest BCUT2D eigenvalue weighted by Crippen LogP contribution is -2.39. The number of carbonyl (C=O) groups is 2. The molecule has 0 spiro atoms. The third kappa shape index (κ3) is 5.16. The van der Waals surface area contributed by atoms with Crippen LogP contribution in [0, 0.1) is 0 Å². The fraction of sp³-hybridized carbons (Fsp3) is 0.148. The van der Waals surface area contributed by atoms with Gasteiger partial charge in [0.25, 0.3) is 0 Å². The molecule has 4 aromatic rings. The number of hydrogen-bond acceptors (Lipinski definition) is 5. The van der Waals surface area contributed by atoms with E-state index in [2.05, 4.69) is 56.9 Å². The van der Waals surface area contributed by atoms with Gasteiger partial charge in [0.1, 0.15) is 23.7 Å². The van der Waals surface area contributed by atoms with Gasteiger partial charge in [-0.05, 0) is 16.7 Å². The molecule has 2 amide bonds. The maximum atomic E-state index is 12.5. The van der Waals surface area contributed by atoms with E-state index in [1.807, 2.05) is 54.6 Å². The number of anilines is 2. The molecule has 4 rings (SSSR count). The largest absolute Gasteiger partial charge is 0.449 e. The molecule has 178 valence electrons. The topological polar surface area (TPSA) is 111 Å². The van der Waals surface area contributed by atoms with Crippen molar-refractivity contribution >= 4 is 23.5 Å². The van der Waals surface area contributed by atoms with Crippen LogP contribution in [0.3, 0.4) is 0 Å². The molecule has 4 N–H and O–H groups in total. The monoisotopic (exact) mass is 469 g/mol. The van der Waals surface area contributed by atoms with Crippen LogP contribution in [-0.4, -0.2) is 28.4 Å². The van der Waals surface area contributed by atoms with E-state index in [9.17, 15) is 9.59 Å². The molecule has 0 aliphatic rings. The summed E-state index contributed by atoms with van der Waals surface area (Å²) in [6.07, 6.45) is 0.638. The van der Waals surface area contributed by atoms with Crippen LogP contribution < -0.4 is 16.4 Å². The van der Waals surface area contributed by atoms with Crippen molar-refractivity contribution in [2.45, 2.75) is 12.0 Å². The Hall–Kier alpha value is -4.59. The molecule has 1 aromatic heterocycles. The van der Waals surface area contributed by atoms with Crippen molar-refractivity contribution in [1.29, 1.82) is 0 Å². The third-order valence-electron chi connectivity index (χ3n) is 5.71. The first kappa shape index (κ1) is 23.6. The molecule has 0 bridgehead atoms. The van der Waals surface area contributed by atoms with Crippen LogP contribution in [0.4, 0.5) is 16.3 Å². The zero-order valence-electron chi connectivity index (χ0n) is 19.3. The fourth-order valence-corrected chi connectivity index (χ4v) is 4.09. The second kappa shape index (κ2) is 10.6. The highest BCUT2D eigenvalue weighted by Gasteiger charge is 2.37. The van der Waals surface area contributed by atoms with Crippen molar-refractivity contribution < 1.29 is 14.3 Å². The zero-order valence-corrected chi connectivity index (χ0v) is 19.3. The first-order chi connectivity index (χ1) is 17.0. The van der Waals surface area contributed by atoms with Crippen molar-refractivity contribution in [2.75, 3.05) is 17.2 Å². The number of aryl methyl sites for hydroxylation is 1. The van der Waals surface area contributed by atoms with Crippen molar-refractivity contribution in [3.8, 4) is 0 Å². The second-order valence-corrected chi connectivity index (χ2v) is 7.97. The molecule has 1 heterocycles. The molecule has 0 aliphatic heterocycles. The number of aromatic nitrogens is 2. The van der Waals surface area contributed by atoms with E-state index in [0.717, 1.165) is 16.7 Å². The first-order valence-electron chi connectivity index (χ1n) is 11.2. The van der Waals surface area contributed by atoms with Gasteiger partial charge < -0.3 is 21.1 Å². The summed E-state index contributed by atoms with van der Waals surface area (Å²) in [7, 11) is 1.81. The van der Waals surface area contributed by atoms with Crippen molar-refractivity contribution in [1.82, 2.24) is 9.78 Å². The highest BCUT2D eigenvalue weighted by molar-refractivity contribution is 5.94. The van der Waals surface area contributed by atoms with Gasteiger partial charge in [-0.3, -0.25) is 9.48 Å². The number of hydrogen-bond donors (Lipinski definition) is 3. The third-order valence-corrected chi connectivity index (χ3v) is 5.71. The van der Waals surface area contributed by atoms with Gasteiger partial charge in [0.15, 0.2) is 0 Å². The number of benzene rings is 3. The molecule has 8 heteroatoms. The van der Waals surface area contributed by atoms with Crippen LogP contribution in [0.5, 0.6) is 0 Å². The molecule has 0 saturated carbocycles. The number of nitrogens with one attached hydrogen (secondary N) is 2. The van der Waals surface area contributed by atoms with E-state index < -0.39 is 11.6 Å². The maximum Gasteiger partial charge on any atom is 0.404 e. The van der Waals surface area contributed by atoms with Gasteiger partial charge in [0, 0.05) is 7.05 Å². The van der Waals surface area contributed by atoms with Gasteiger partial charge in [-0.25, -0.2) is 4.79 Å². The summed E-state index contributed by atoms with van der Waals surface area (Å²) in [5, 5.41) is 11.0. The van der Waals surface area contributed by atoms with Gasteiger partial charge >= 0.3 is 6.09 Å². The lowest BCUT2D eigenvalue weighted by Gasteiger charge is -2.38. The van der Waals surface area contributed by atoms with Gasteiger partial charge in [-0.2, -0.15) is 5.10 Å². The predicted molar refractivity (Wildman–Crippen MR) is 135 cm³/mol. The summed E-state index contributed by atoms with van der Waals surface area (Å²) in [6, 6.07) is 30.4. The van der Waals surface area contributed by atoms with E-state index in [1.165, 1.54) is 0 Å². The minimum Gasteiger partial charge on any atom is -0.449 e. The predicted octanol–water partition coefficient (Wildman–Crippen LogP) is 4.25. The molecule has 35 heavy (non-hydrogen) atoms. The fourth-order valence-electron chi connectivity index (χ4n) is 4.09. The quantitative estimate of drug-likeness (QED) is 0.317. The van der Waals surface area contributed by atoms with Crippen LogP contribution in [0.2, 0.25) is 0 Å². The Kier molecular flexibility index (Phi) is 7.11. The molecule has 0 saturated heterocycles. The van der Waals surface area contributed by atoms with E-state index in [1.54, 1.807) is 17.9 Å². The molecule has 0 aliphatic carbocycles. The summed E-state index contributed by atoms with van der Waals surface area (Å²) in [6.45, 7) is -0.105. The number of nitrogens with zero attached hydrogens (tertiary/aromatic N) is 2. The average Bonchev–Trinajstić information content (AvgIpc) is 3.22. The summed E-state index contributed by atoms with van der Waals surface area (Å²) in [5.41, 5.74) is 7.75. The maximum absolute atomic E-state index is 12.5. The van der Waals surface area contributed by atoms with Crippen LogP contribution in [0.25, 0.3) is 0 Å². The van der Waals surface area contributed by atoms with Gasteiger partial charge in [0.2, 0.25) is 5.91 Å². The zero-order chi connectivity index (χ0) is 24.7. The first-order valence-corrected chi connectivity index (χ1v) is 11.2. The van der Waals surface area contributed by atoms with Crippen molar-refractivity contribution in [3.05, 3.63) is 114 Å². The lowest BCUT2D eigenvalue weighted by molar-refractivity contribution is -0.116. The molecular weight excluding hydrogens is 442 g/mol. The van der Waals surface area contributed by atoms with Crippen LogP contribution in [0.15, 0.2) is 97.2 Å². The number of nitrogens with two attached hydrogens (primary N) is 1. The number of primary amides is 1. The van der Waals surface area contributed by atoms with Crippen LogP contribution in [-0.2, 0) is 22.1 Å². The summed E-state index contributed by atoms with van der Waals surface area (Å²) in [4.78, 5) is 23.3. The molecule has 0 radical (unpaired) electrons. The standard InChI is InChI=1S/C27H27N5O3/c1-32-25(23(19-29-32)30-24(33)17-18-35-26(28)34)31-27(20-11-5-2-6-12-20,21-13-7-3-8-14-21)22-15-9-4-10-16-22/h2-16,19,31H,17-18H2,1H3,(H2,28,34)(H,30,33). The van der Waals surface area contributed by atoms with E-state index in [0.29, 0.717) is 11.5 Å². The Balaban J connectivity index is 1.79. The minimum absolute atomic E-state index is 0.0293. The average molecular weight is 470 g/mol. The minimum atomic E-state index is -0.917. The number of rotatable bonds is 9. The summed E-state index contributed by atoms with van der Waals surface area (Å²) in [5.74, 6) is 0.290. The smallest absolute Gasteiger partial charge is 0.404 e. The lowest BCUT2D eigenvalue weighted by atomic mass is 9.77. The second-order valence-electron chi connectivity index (χ2n) is 7.97. The van der Waals surface area contributed by atoms with E-state index >= 15 is 0 Å². The Morgan fingerprint density at radius 3 is 1.83 bits per heavy atom. The van der Waals surface area contributed by atoms with Gasteiger partial charge in [-0.1, -0.05) is 91.0 Å². The Bertz CT molecular complexity index is 1180. The molecule has 0 unspecified atom stereocenters. The van der Waals surface area contributed by atoms with Gasteiger partial charge in [0.05, 0.1) is 12.6 Å². The van der Waals surface area contributed by atoms with Crippen molar-refractivity contribution in [3.63, 3.8) is 0 Å². The van der Waals surface area contributed by atoms with E-state index in [4.69, 9.17) is 5.73 Å². The van der Waals surface area contributed by atoms with Crippen LogP contribution >= 0.6 is 0 Å². The van der Waals surface area contributed by atoms with E-state index in [-0.39, 0.29) is 18.9 Å². The number of carbonyl (C=O) groups excluding carboxylic acids is 2. The highest BCUT2D eigenvalue weighted by atomic mass is 16.5. The molecule has 0 fully saturated rings. The molecule has 3 aromatic carbocycles. The van der Waals surface area contributed by atoms with Crippen molar-refractivity contribution in [2.24, 2.45) is 12.8 Å². The number of ether oxygens (including phenoxy) is 1.